The molecule has 1 aliphatic rings. The van der Waals surface area contributed by atoms with Crippen LogP contribution in [-0.4, -0.2) is 14.0 Å². The number of hydrogen-bond donors (Lipinski definition) is 1. The zero-order valence-corrected chi connectivity index (χ0v) is 14.4. The van der Waals surface area contributed by atoms with E-state index in [0.29, 0.717) is 12.2 Å². The summed E-state index contributed by atoms with van der Waals surface area (Å²) >= 11 is 0. The van der Waals surface area contributed by atoms with Gasteiger partial charge in [0.1, 0.15) is 17.2 Å². The van der Waals surface area contributed by atoms with E-state index in [4.69, 9.17) is 4.74 Å². The normalized spacial score (nSPS) is 19.4. The number of nitrogens with one attached hydrogen (secondary N) is 1. The van der Waals surface area contributed by atoms with Gasteiger partial charge < -0.3 is 4.74 Å². The largest absolute Gasteiger partial charge is 0.487 e. The molecule has 0 amide bonds. The van der Waals surface area contributed by atoms with Crippen molar-refractivity contribution in [2.24, 2.45) is 0 Å². The lowest BCUT2D eigenvalue weighted by Crippen LogP contribution is -2.41. The standard InChI is InChI=1S/C18H20FNO3S/c1-18(2)11-16(14-8-4-6-10-17(14)23-18)20-24(21,22)12-13-7-3-5-9-15(13)19/h3-10,16,20H,11-12H2,1-2H3/t16-/m1/s1. The molecular weight excluding hydrogens is 329 g/mol. The number of fused-ring (bicyclic) bond motifs is 1. The van der Waals surface area contributed by atoms with Crippen LogP contribution in [0.5, 0.6) is 5.75 Å². The fourth-order valence-corrected chi connectivity index (χ4v) is 4.36. The number of sulfonamides is 1. The highest BCUT2D eigenvalue weighted by atomic mass is 32.2. The summed E-state index contributed by atoms with van der Waals surface area (Å²) in [5.41, 5.74) is 0.470. The molecule has 1 aliphatic heterocycles. The maximum absolute atomic E-state index is 13.7. The van der Waals surface area contributed by atoms with Crippen molar-refractivity contribution >= 4 is 10.0 Å². The van der Waals surface area contributed by atoms with E-state index in [1.165, 1.54) is 18.2 Å². The summed E-state index contributed by atoms with van der Waals surface area (Å²) in [7, 11) is -3.70. The molecule has 1 N–H and O–H groups in total. The highest BCUT2D eigenvalue weighted by Crippen LogP contribution is 2.39. The van der Waals surface area contributed by atoms with Gasteiger partial charge in [-0.2, -0.15) is 0 Å². The quantitative estimate of drug-likeness (QED) is 0.918. The summed E-state index contributed by atoms with van der Waals surface area (Å²) in [6.45, 7) is 3.84. The van der Waals surface area contributed by atoms with Gasteiger partial charge in [0.2, 0.25) is 10.0 Å². The van der Waals surface area contributed by atoms with Gasteiger partial charge in [-0.3, -0.25) is 0 Å². The van der Waals surface area contributed by atoms with Gasteiger partial charge in [-0.05, 0) is 26.0 Å². The monoisotopic (exact) mass is 349 g/mol. The van der Waals surface area contributed by atoms with E-state index in [1.807, 2.05) is 38.1 Å². The third kappa shape index (κ3) is 3.76. The second-order valence-electron chi connectivity index (χ2n) is 6.62. The Kier molecular flexibility index (Phi) is 4.36. The Morgan fingerprint density at radius 1 is 1.17 bits per heavy atom. The Bertz CT molecular complexity index is 849. The van der Waals surface area contributed by atoms with Crippen LogP contribution in [-0.2, 0) is 15.8 Å². The second-order valence-corrected chi connectivity index (χ2v) is 8.38. The van der Waals surface area contributed by atoms with E-state index in [0.717, 1.165) is 5.56 Å². The van der Waals surface area contributed by atoms with Crippen molar-refractivity contribution in [1.29, 1.82) is 0 Å². The van der Waals surface area contributed by atoms with Gasteiger partial charge in [-0.25, -0.2) is 17.5 Å². The Morgan fingerprint density at radius 3 is 2.58 bits per heavy atom. The van der Waals surface area contributed by atoms with Crippen molar-refractivity contribution in [3.05, 3.63) is 65.5 Å². The molecule has 2 aromatic carbocycles. The first-order chi connectivity index (χ1) is 11.3. The van der Waals surface area contributed by atoms with Crippen LogP contribution in [0, 0.1) is 5.82 Å². The lowest BCUT2D eigenvalue weighted by molar-refractivity contribution is 0.0702. The highest BCUT2D eigenvalue weighted by Gasteiger charge is 2.35. The van der Waals surface area contributed by atoms with Gasteiger partial charge in [0.15, 0.2) is 0 Å². The average Bonchev–Trinajstić information content (AvgIpc) is 2.48. The molecule has 0 unspecified atom stereocenters. The van der Waals surface area contributed by atoms with Crippen molar-refractivity contribution in [3.8, 4) is 5.75 Å². The van der Waals surface area contributed by atoms with Crippen molar-refractivity contribution < 1.29 is 17.5 Å². The van der Waals surface area contributed by atoms with E-state index in [9.17, 15) is 12.8 Å². The first-order valence-electron chi connectivity index (χ1n) is 7.77. The number of para-hydroxylation sites is 1. The summed E-state index contributed by atoms with van der Waals surface area (Å²) in [6.07, 6.45) is 0.501. The van der Waals surface area contributed by atoms with E-state index < -0.39 is 27.5 Å². The van der Waals surface area contributed by atoms with Gasteiger partial charge in [-0.1, -0.05) is 36.4 Å². The van der Waals surface area contributed by atoms with Crippen LogP contribution in [0.4, 0.5) is 4.39 Å². The minimum atomic E-state index is -3.70. The Hall–Kier alpha value is -1.92. The van der Waals surface area contributed by atoms with Gasteiger partial charge >= 0.3 is 0 Å². The minimum absolute atomic E-state index is 0.157. The molecule has 0 bridgehead atoms. The number of rotatable bonds is 4. The lowest BCUT2D eigenvalue weighted by Gasteiger charge is -2.37. The Morgan fingerprint density at radius 2 is 1.83 bits per heavy atom. The minimum Gasteiger partial charge on any atom is -0.487 e. The number of halogens is 1. The molecular formula is C18H20FNO3S. The Labute approximate surface area is 141 Å². The van der Waals surface area contributed by atoms with Crippen LogP contribution in [0.1, 0.15) is 37.4 Å². The molecule has 128 valence electrons. The molecule has 0 spiro atoms. The van der Waals surface area contributed by atoms with Crippen LogP contribution in [0.2, 0.25) is 0 Å². The lowest BCUT2D eigenvalue weighted by atomic mass is 9.90. The Balaban J connectivity index is 1.86. The van der Waals surface area contributed by atoms with Crippen LogP contribution in [0.15, 0.2) is 48.5 Å². The molecule has 4 nitrogen and oxygen atoms in total. The number of ether oxygens (including phenoxy) is 1. The zero-order valence-electron chi connectivity index (χ0n) is 13.6. The van der Waals surface area contributed by atoms with Crippen molar-refractivity contribution in [2.45, 2.75) is 37.7 Å². The third-order valence-corrected chi connectivity index (χ3v) is 5.34. The van der Waals surface area contributed by atoms with E-state index in [1.54, 1.807) is 6.07 Å². The van der Waals surface area contributed by atoms with Crippen LogP contribution in [0.25, 0.3) is 0 Å². The summed E-state index contributed by atoms with van der Waals surface area (Å²) in [5, 5.41) is 0. The van der Waals surface area contributed by atoms with Gasteiger partial charge in [0.05, 0.1) is 11.8 Å². The highest BCUT2D eigenvalue weighted by molar-refractivity contribution is 7.88. The SMILES string of the molecule is CC1(C)C[C@@H](NS(=O)(=O)Cc2ccccc2F)c2ccccc2O1. The summed E-state index contributed by atoms with van der Waals surface area (Å²) in [4.78, 5) is 0. The summed E-state index contributed by atoms with van der Waals surface area (Å²) in [6, 6.07) is 12.9. The van der Waals surface area contributed by atoms with Crippen LogP contribution in [0.3, 0.4) is 0 Å². The first-order valence-corrected chi connectivity index (χ1v) is 9.42. The fourth-order valence-electron chi connectivity index (χ4n) is 2.99. The molecule has 2 aromatic rings. The molecule has 0 aliphatic carbocycles. The topological polar surface area (TPSA) is 55.4 Å². The van der Waals surface area contributed by atoms with Crippen molar-refractivity contribution in [2.75, 3.05) is 0 Å². The summed E-state index contributed by atoms with van der Waals surface area (Å²) in [5.74, 6) is -0.234. The van der Waals surface area contributed by atoms with Crippen molar-refractivity contribution in [1.82, 2.24) is 4.72 Å². The van der Waals surface area contributed by atoms with Crippen molar-refractivity contribution in [3.63, 3.8) is 0 Å². The first kappa shape index (κ1) is 16.9. The predicted molar refractivity (Wildman–Crippen MR) is 90.7 cm³/mol. The fraction of sp³-hybridized carbons (Fsp3) is 0.333. The maximum atomic E-state index is 13.7. The molecule has 24 heavy (non-hydrogen) atoms. The molecule has 1 atom stereocenters. The third-order valence-electron chi connectivity index (χ3n) is 4.00. The average molecular weight is 349 g/mol. The van der Waals surface area contributed by atoms with E-state index in [2.05, 4.69) is 4.72 Å². The van der Waals surface area contributed by atoms with Gasteiger partial charge in [0.25, 0.3) is 0 Å². The summed E-state index contributed by atoms with van der Waals surface area (Å²) < 4.78 is 47.4. The predicted octanol–water partition coefficient (Wildman–Crippen LogP) is 3.55. The molecule has 1 heterocycles. The maximum Gasteiger partial charge on any atom is 0.216 e. The van der Waals surface area contributed by atoms with E-state index >= 15 is 0 Å². The van der Waals surface area contributed by atoms with Gasteiger partial charge in [-0.15, -0.1) is 0 Å². The molecule has 0 radical (unpaired) electrons. The molecule has 0 aromatic heterocycles. The molecule has 0 saturated carbocycles. The van der Waals surface area contributed by atoms with Gasteiger partial charge in [0, 0.05) is 17.5 Å². The molecule has 0 saturated heterocycles. The van der Waals surface area contributed by atoms with Crippen LogP contribution < -0.4 is 9.46 Å². The smallest absolute Gasteiger partial charge is 0.216 e. The second kappa shape index (κ2) is 6.18. The molecule has 6 heteroatoms. The van der Waals surface area contributed by atoms with Crippen LogP contribution >= 0.6 is 0 Å². The molecule has 0 fully saturated rings. The molecule has 3 rings (SSSR count). The number of hydrogen-bond acceptors (Lipinski definition) is 3. The number of benzene rings is 2. The zero-order chi connectivity index (χ0) is 17.4. The van der Waals surface area contributed by atoms with E-state index in [-0.39, 0.29) is 11.3 Å².